The largest absolute Gasteiger partial charge is 0.465 e. The summed E-state index contributed by atoms with van der Waals surface area (Å²) in [6.45, 7) is 6.39. The number of likely N-dealkylation sites (tertiary alicyclic amines) is 1. The average Bonchev–Trinajstić information content (AvgIpc) is 3.22. The van der Waals surface area contributed by atoms with Crippen molar-refractivity contribution >= 4 is 5.97 Å². The molecule has 0 amide bonds. The van der Waals surface area contributed by atoms with E-state index in [1.165, 1.54) is 19.4 Å². The molecule has 1 N–H and O–H groups in total. The molecule has 4 nitrogen and oxygen atoms in total. The number of hydrogen-bond acceptors (Lipinski definition) is 4. The zero-order valence-corrected chi connectivity index (χ0v) is 12.2. The van der Waals surface area contributed by atoms with Gasteiger partial charge < -0.3 is 10.1 Å². The Bertz CT molecular complexity index is 271. The molecule has 0 spiro atoms. The number of rotatable bonds is 8. The molecule has 2 fully saturated rings. The minimum absolute atomic E-state index is 0.0576. The van der Waals surface area contributed by atoms with E-state index in [-0.39, 0.29) is 5.97 Å². The van der Waals surface area contributed by atoms with Gasteiger partial charge in [-0.1, -0.05) is 13.3 Å². The highest BCUT2D eigenvalue weighted by Gasteiger charge is 2.25. The molecule has 110 valence electrons. The Hall–Kier alpha value is -0.610. The van der Waals surface area contributed by atoms with Crippen LogP contribution >= 0.6 is 0 Å². The number of carbonyl (C=O) groups is 1. The van der Waals surface area contributed by atoms with Crippen LogP contribution in [0, 0.1) is 5.92 Å². The summed E-state index contributed by atoms with van der Waals surface area (Å²) in [4.78, 5) is 13.8. The Morgan fingerprint density at radius 2 is 2.00 bits per heavy atom. The second-order valence-corrected chi connectivity index (χ2v) is 5.98. The maximum atomic E-state index is 11.6. The number of hydrogen-bond donors (Lipinski definition) is 1. The predicted octanol–water partition coefficient (Wildman–Crippen LogP) is 1.79. The van der Waals surface area contributed by atoms with E-state index in [2.05, 4.69) is 17.1 Å². The first-order valence-corrected chi connectivity index (χ1v) is 7.89. The van der Waals surface area contributed by atoms with Gasteiger partial charge in [0.2, 0.25) is 0 Å². The normalized spacial score (nSPS) is 21.5. The summed E-state index contributed by atoms with van der Waals surface area (Å²) in [5.41, 5.74) is 0. The van der Waals surface area contributed by atoms with Crippen molar-refractivity contribution in [3.05, 3.63) is 0 Å². The maximum absolute atomic E-state index is 11.6. The van der Waals surface area contributed by atoms with E-state index < -0.39 is 0 Å². The predicted molar refractivity (Wildman–Crippen MR) is 76.1 cm³/mol. The molecule has 1 heterocycles. The molecule has 1 saturated heterocycles. The minimum atomic E-state index is -0.0576. The molecule has 19 heavy (non-hydrogen) atoms. The van der Waals surface area contributed by atoms with Crippen molar-refractivity contribution < 1.29 is 9.53 Å². The summed E-state index contributed by atoms with van der Waals surface area (Å²) < 4.78 is 5.20. The Morgan fingerprint density at radius 1 is 1.26 bits per heavy atom. The van der Waals surface area contributed by atoms with Crippen LogP contribution in [0.25, 0.3) is 0 Å². The molecule has 2 rings (SSSR count). The van der Waals surface area contributed by atoms with Gasteiger partial charge in [0.05, 0.1) is 13.2 Å². The smallest absolute Gasteiger partial charge is 0.320 e. The molecule has 0 aromatic rings. The van der Waals surface area contributed by atoms with Gasteiger partial charge in [-0.25, -0.2) is 0 Å². The number of nitrogens with one attached hydrogen (secondary N) is 1. The zero-order chi connectivity index (χ0) is 13.5. The lowest BCUT2D eigenvalue weighted by atomic mass is 10.0. The van der Waals surface area contributed by atoms with Crippen LogP contribution in [0.3, 0.4) is 0 Å². The fraction of sp³-hybridized carbons (Fsp3) is 0.933. The molecule has 4 heteroatoms. The molecule has 0 aromatic carbocycles. The number of esters is 1. The van der Waals surface area contributed by atoms with Crippen molar-refractivity contribution in [2.75, 3.05) is 32.8 Å². The third-order valence-corrected chi connectivity index (χ3v) is 4.09. The second-order valence-electron chi connectivity index (χ2n) is 5.98. The van der Waals surface area contributed by atoms with Crippen molar-refractivity contribution in [2.45, 2.75) is 51.5 Å². The van der Waals surface area contributed by atoms with Crippen molar-refractivity contribution in [3.8, 4) is 0 Å². The van der Waals surface area contributed by atoms with E-state index in [0.717, 1.165) is 44.7 Å². The summed E-state index contributed by atoms with van der Waals surface area (Å²) in [7, 11) is 0. The molecule has 1 aliphatic heterocycles. The van der Waals surface area contributed by atoms with Crippen LogP contribution < -0.4 is 5.32 Å². The maximum Gasteiger partial charge on any atom is 0.320 e. The van der Waals surface area contributed by atoms with E-state index in [0.29, 0.717) is 19.2 Å². The fourth-order valence-corrected chi connectivity index (χ4v) is 2.51. The highest BCUT2D eigenvalue weighted by Crippen LogP contribution is 2.28. The van der Waals surface area contributed by atoms with Crippen LogP contribution in [0.5, 0.6) is 0 Å². The van der Waals surface area contributed by atoms with Crippen LogP contribution in [0.15, 0.2) is 0 Å². The van der Waals surface area contributed by atoms with Crippen molar-refractivity contribution in [2.24, 2.45) is 5.92 Å². The fourth-order valence-electron chi connectivity index (χ4n) is 2.51. The Morgan fingerprint density at radius 3 is 2.63 bits per heavy atom. The van der Waals surface area contributed by atoms with Crippen LogP contribution in [-0.2, 0) is 9.53 Å². The van der Waals surface area contributed by atoms with Crippen LogP contribution in [-0.4, -0.2) is 49.7 Å². The van der Waals surface area contributed by atoms with E-state index in [1.807, 2.05) is 0 Å². The molecule has 0 atom stereocenters. The van der Waals surface area contributed by atoms with Gasteiger partial charge >= 0.3 is 5.97 Å². The summed E-state index contributed by atoms with van der Waals surface area (Å²) in [5.74, 6) is 0.893. The second kappa shape index (κ2) is 7.85. The Balaban J connectivity index is 1.53. The van der Waals surface area contributed by atoms with E-state index >= 15 is 0 Å². The molecular weight excluding hydrogens is 240 g/mol. The Labute approximate surface area is 116 Å². The third kappa shape index (κ3) is 5.91. The number of ether oxygens (including phenoxy) is 1. The SMILES string of the molecule is CCCCOC(=O)CN1CCC(NCC2CC2)CC1. The highest BCUT2D eigenvalue weighted by atomic mass is 16.5. The number of unbranched alkanes of at least 4 members (excludes halogenated alkanes) is 1. The van der Waals surface area contributed by atoms with Gasteiger partial charge in [-0.2, -0.15) is 0 Å². The zero-order valence-electron chi connectivity index (χ0n) is 12.2. The lowest BCUT2D eigenvalue weighted by Gasteiger charge is -2.31. The van der Waals surface area contributed by atoms with Gasteiger partial charge in [0.25, 0.3) is 0 Å². The molecule has 0 unspecified atom stereocenters. The van der Waals surface area contributed by atoms with Crippen LogP contribution in [0.1, 0.15) is 45.4 Å². The van der Waals surface area contributed by atoms with Crippen molar-refractivity contribution in [1.82, 2.24) is 10.2 Å². The Kier molecular flexibility index (Phi) is 6.11. The van der Waals surface area contributed by atoms with E-state index in [1.54, 1.807) is 0 Å². The van der Waals surface area contributed by atoms with E-state index in [4.69, 9.17) is 4.74 Å². The van der Waals surface area contributed by atoms with Gasteiger partial charge in [-0.05, 0) is 44.6 Å². The first kappa shape index (κ1) is 14.8. The summed E-state index contributed by atoms with van der Waals surface area (Å²) in [6, 6.07) is 0.660. The van der Waals surface area contributed by atoms with Gasteiger partial charge in [0.1, 0.15) is 0 Å². The topological polar surface area (TPSA) is 41.6 Å². The lowest BCUT2D eigenvalue weighted by Crippen LogP contribution is -2.44. The quantitative estimate of drug-likeness (QED) is 0.538. The van der Waals surface area contributed by atoms with Crippen LogP contribution in [0.4, 0.5) is 0 Å². The summed E-state index contributed by atoms with van der Waals surface area (Å²) in [6.07, 6.45) is 7.19. The van der Waals surface area contributed by atoms with Crippen molar-refractivity contribution in [1.29, 1.82) is 0 Å². The van der Waals surface area contributed by atoms with Crippen molar-refractivity contribution in [3.63, 3.8) is 0 Å². The number of nitrogens with zero attached hydrogens (tertiary/aromatic N) is 1. The summed E-state index contributed by atoms with van der Waals surface area (Å²) >= 11 is 0. The molecule has 1 saturated carbocycles. The molecule has 2 aliphatic rings. The first-order valence-electron chi connectivity index (χ1n) is 7.89. The third-order valence-electron chi connectivity index (χ3n) is 4.09. The molecule has 1 aliphatic carbocycles. The highest BCUT2D eigenvalue weighted by molar-refractivity contribution is 5.71. The van der Waals surface area contributed by atoms with Gasteiger partial charge in [-0.15, -0.1) is 0 Å². The summed E-state index contributed by atoms with van der Waals surface area (Å²) in [5, 5.41) is 3.66. The molecule has 0 radical (unpaired) electrons. The van der Waals surface area contributed by atoms with Gasteiger partial charge in [0, 0.05) is 19.1 Å². The number of carbonyl (C=O) groups excluding carboxylic acids is 1. The molecular formula is C15H28N2O2. The van der Waals surface area contributed by atoms with Gasteiger partial charge in [-0.3, -0.25) is 9.69 Å². The standard InChI is InChI=1S/C15H28N2O2/c1-2-3-10-19-15(18)12-17-8-6-14(7-9-17)16-11-13-4-5-13/h13-14,16H,2-12H2,1H3. The molecule has 0 aromatic heterocycles. The average molecular weight is 268 g/mol. The lowest BCUT2D eigenvalue weighted by molar-refractivity contribution is -0.145. The monoisotopic (exact) mass is 268 g/mol. The first-order chi connectivity index (χ1) is 9.28. The van der Waals surface area contributed by atoms with Gasteiger partial charge in [0.15, 0.2) is 0 Å². The van der Waals surface area contributed by atoms with E-state index in [9.17, 15) is 4.79 Å². The minimum Gasteiger partial charge on any atom is -0.465 e. The number of piperidine rings is 1. The van der Waals surface area contributed by atoms with Crippen LogP contribution in [0.2, 0.25) is 0 Å². The molecule has 0 bridgehead atoms.